The van der Waals surface area contributed by atoms with Gasteiger partial charge >= 0.3 is 0 Å². The number of hydrogen-bond donors (Lipinski definition) is 3. The highest BCUT2D eigenvalue weighted by Gasteiger charge is 2.16. The van der Waals surface area contributed by atoms with Crippen LogP contribution in [-0.2, 0) is 11.3 Å². The Hall–Kier alpha value is -4.27. The van der Waals surface area contributed by atoms with Gasteiger partial charge in [-0.1, -0.05) is 12.1 Å². The summed E-state index contributed by atoms with van der Waals surface area (Å²) >= 11 is 0. The molecule has 1 aromatic heterocycles. The summed E-state index contributed by atoms with van der Waals surface area (Å²) < 4.78 is 15.5. The lowest BCUT2D eigenvalue weighted by Gasteiger charge is -2.09. The Balaban J connectivity index is 1.21. The van der Waals surface area contributed by atoms with Crippen LogP contribution < -0.4 is 25.4 Å². The fraction of sp³-hybridized carbons (Fsp3) is 0.136. The molecule has 31 heavy (non-hydrogen) atoms. The summed E-state index contributed by atoms with van der Waals surface area (Å²) in [5.74, 6) is 0.250. The number of anilines is 1. The van der Waals surface area contributed by atoms with Gasteiger partial charge in [0.15, 0.2) is 17.3 Å². The van der Waals surface area contributed by atoms with Crippen molar-refractivity contribution in [3.63, 3.8) is 0 Å². The molecule has 0 spiro atoms. The molecule has 9 heteroatoms. The monoisotopic (exact) mass is 421 g/mol. The van der Waals surface area contributed by atoms with Crippen molar-refractivity contribution < 1.29 is 28.3 Å². The van der Waals surface area contributed by atoms with Gasteiger partial charge in [-0.15, -0.1) is 0 Å². The molecule has 4 rings (SSSR count). The first-order valence-electron chi connectivity index (χ1n) is 9.47. The molecule has 2 aromatic carbocycles. The minimum atomic E-state index is -0.384. The molecule has 0 saturated heterocycles. The lowest BCUT2D eigenvalue weighted by atomic mass is 10.2. The largest absolute Gasteiger partial charge is 0.459 e. The Labute approximate surface area is 177 Å². The van der Waals surface area contributed by atoms with Crippen LogP contribution in [0.4, 0.5) is 5.69 Å². The number of nitrogens with one attached hydrogen (secondary N) is 3. The van der Waals surface area contributed by atoms with Crippen LogP contribution in [-0.4, -0.2) is 31.1 Å². The lowest BCUT2D eigenvalue weighted by molar-refractivity contribution is -0.120. The number of ether oxygens (including phenoxy) is 2. The average Bonchev–Trinajstić information content (AvgIpc) is 3.48. The van der Waals surface area contributed by atoms with Crippen LogP contribution in [0.15, 0.2) is 65.3 Å². The third kappa shape index (κ3) is 5.02. The smallest absolute Gasteiger partial charge is 0.291 e. The van der Waals surface area contributed by atoms with Gasteiger partial charge in [0.05, 0.1) is 12.8 Å². The van der Waals surface area contributed by atoms with Crippen LogP contribution in [0.25, 0.3) is 0 Å². The predicted molar refractivity (Wildman–Crippen MR) is 110 cm³/mol. The Bertz CT molecular complexity index is 1090. The maximum atomic E-state index is 12.2. The summed E-state index contributed by atoms with van der Waals surface area (Å²) in [6.07, 6.45) is 1.43. The summed E-state index contributed by atoms with van der Waals surface area (Å²) in [4.78, 5) is 36.2. The molecule has 0 unspecified atom stereocenters. The predicted octanol–water partition coefficient (Wildman–Crippen LogP) is 2.31. The molecule has 0 saturated carbocycles. The number of fused-ring (bicyclic) bond motifs is 1. The van der Waals surface area contributed by atoms with E-state index in [1.165, 1.54) is 6.26 Å². The second kappa shape index (κ2) is 9.04. The number of carbonyl (C=O) groups excluding carboxylic acids is 3. The van der Waals surface area contributed by atoms with Crippen molar-refractivity contribution in [1.29, 1.82) is 0 Å². The maximum absolute atomic E-state index is 12.2. The quantitative estimate of drug-likeness (QED) is 0.539. The van der Waals surface area contributed by atoms with Gasteiger partial charge in [0.25, 0.3) is 11.8 Å². The molecule has 3 amide bonds. The molecule has 2 heterocycles. The normalized spacial score (nSPS) is 11.6. The van der Waals surface area contributed by atoms with Crippen molar-refractivity contribution in [2.75, 3.05) is 18.7 Å². The molecule has 1 aliphatic rings. The number of amides is 3. The van der Waals surface area contributed by atoms with Crippen molar-refractivity contribution in [2.45, 2.75) is 6.54 Å². The summed E-state index contributed by atoms with van der Waals surface area (Å²) in [5.41, 5.74) is 1.82. The molecule has 158 valence electrons. The SMILES string of the molecule is O=C(CNC(=O)c1ccc2c(c1)OCO2)NCc1ccc(NC(=O)c2ccco2)cc1. The molecule has 0 radical (unpaired) electrons. The fourth-order valence-corrected chi connectivity index (χ4v) is 2.87. The summed E-state index contributed by atoms with van der Waals surface area (Å²) in [6, 6.07) is 15.1. The highest BCUT2D eigenvalue weighted by atomic mass is 16.7. The second-order valence-corrected chi connectivity index (χ2v) is 6.66. The van der Waals surface area contributed by atoms with E-state index in [2.05, 4.69) is 16.0 Å². The lowest BCUT2D eigenvalue weighted by Crippen LogP contribution is -2.36. The van der Waals surface area contributed by atoms with E-state index in [0.717, 1.165) is 5.56 Å². The van der Waals surface area contributed by atoms with E-state index in [1.54, 1.807) is 54.6 Å². The molecule has 0 fully saturated rings. The summed E-state index contributed by atoms with van der Waals surface area (Å²) in [6.45, 7) is 0.246. The number of rotatable bonds is 7. The number of furan rings is 1. The maximum Gasteiger partial charge on any atom is 0.291 e. The highest BCUT2D eigenvalue weighted by molar-refractivity contribution is 6.02. The van der Waals surface area contributed by atoms with E-state index in [9.17, 15) is 14.4 Å². The molecule has 3 aromatic rings. The summed E-state index contributed by atoms with van der Waals surface area (Å²) in [7, 11) is 0. The zero-order valence-electron chi connectivity index (χ0n) is 16.3. The van der Waals surface area contributed by atoms with E-state index >= 15 is 0 Å². The van der Waals surface area contributed by atoms with Crippen LogP contribution in [0, 0.1) is 0 Å². The van der Waals surface area contributed by atoms with E-state index in [0.29, 0.717) is 22.7 Å². The molecule has 0 aliphatic carbocycles. The van der Waals surface area contributed by atoms with Gasteiger partial charge in [-0.3, -0.25) is 14.4 Å². The molecule has 3 N–H and O–H groups in total. The molecular weight excluding hydrogens is 402 g/mol. The first kappa shape index (κ1) is 20.0. The highest BCUT2D eigenvalue weighted by Crippen LogP contribution is 2.32. The van der Waals surface area contributed by atoms with Gasteiger partial charge in [-0.25, -0.2) is 0 Å². The van der Waals surface area contributed by atoms with Gasteiger partial charge in [0.2, 0.25) is 12.7 Å². The van der Waals surface area contributed by atoms with Gasteiger partial charge in [0.1, 0.15) is 0 Å². The zero-order valence-corrected chi connectivity index (χ0v) is 16.3. The topological polar surface area (TPSA) is 119 Å². The fourth-order valence-electron chi connectivity index (χ4n) is 2.87. The molecule has 0 bridgehead atoms. The first-order chi connectivity index (χ1) is 15.1. The third-order valence-corrected chi connectivity index (χ3v) is 4.49. The van der Waals surface area contributed by atoms with Crippen LogP contribution in [0.1, 0.15) is 26.5 Å². The van der Waals surface area contributed by atoms with Gasteiger partial charge < -0.3 is 29.8 Å². The zero-order chi connectivity index (χ0) is 21.6. The second-order valence-electron chi connectivity index (χ2n) is 6.66. The standard InChI is InChI=1S/C22H19N3O6/c26-20(12-24-21(27)15-5-8-17-19(10-15)31-13-30-17)23-11-14-3-6-16(7-4-14)25-22(28)18-2-1-9-29-18/h1-10H,11-13H2,(H,23,26)(H,24,27)(H,25,28). The average molecular weight is 421 g/mol. The van der Waals surface area contributed by atoms with Gasteiger partial charge in [-0.2, -0.15) is 0 Å². The Morgan fingerprint density at radius 2 is 1.68 bits per heavy atom. The van der Waals surface area contributed by atoms with E-state index in [-0.39, 0.29) is 43.4 Å². The molecular formula is C22H19N3O6. The van der Waals surface area contributed by atoms with Crippen molar-refractivity contribution in [2.24, 2.45) is 0 Å². The van der Waals surface area contributed by atoms with Crippen LogP contribution in [0.2, 0.25) is 0 Å². The van der Waals surface area contributed by atoms with Crippen molar-refractivity contribution >= 4 is 23.4 Å². The summed E-state index contributed by atoms with van der Waals surface area (Å²) in [5, 5.41) is 8.01. The van der Waals surface area contributed by atoms with Crippen molar-refractivity contribution in [1.82, 2.24) is 10.6 Å². The minimum absolute atomic E-state index is 0.125. The number of benzene rings is 2. The van der Waals surface area contributed by atoms with Crippen molar-refractivity contribution in [3.05, 3.63) is 77.7 Å². The van der Waals surface area contributed by atoms with Crippen LogP contribution in [0.5, 0.6) is 11.5 Å². The Morgan fingerprint density at radius 3 is 2.45 bits per heavy atom. The van der Waals surface area contributed by atoms with E-state index in [4.69, 9.17) is 13.9 Å². The van der Waals surface area contributed by atoms with E-state index in [1.807, 2.05) is 0 Å². The van der Waals surface area contributed by atoms with Crippen LogP contribution in [0.3, 0.4) is 0 Å². The van der Waals surface area contributed by atoms with E-state index < -0.39 is 0 Å². The molecule has 1 aliphatic heterocycles. The van der Waals surface area contributed by atoms with Gasteiger partial charge in [0, 0.05) is 17.8 Å². The minimum Gasteiger partial charge on any atom is -0.459 e. The number of carbonyl (C=O) groups is 3. The molecule has 0 atom stereocenters. The Morgan fingerprint density at radius 1 is 0.871 bits per heavy atom. The van der Waals surface area contributed by atoms with Crippen molar-refractivity contribution in [3.8, 4) is 11.5 Å². The Kier molecular flexibility index (Phi) is 5.84. The third-order valence-electron chi connectivity index (χ3n) is 4.49. The number of hydrogen-bond acceptors (Lipinski definition) is 6. The first-order valence-corrected chi connectivity index (χ1v) is 9.47. The van der Waals surface area contributed by atoms with Crippen LogP contribution >= 0.6 is 0 Å². The van der Waals surface area contributed by atoms with Gasteiger partial charge in [-0.05, 0) is 48.0 Å². The molecule has 9 nitrogen and oxygen atoms in total.